The molecule has 3 aromatic carbocycles. The highest BCUT2D eigenvalue weighted by Gasteiger charge is 2.20. The summed E-state index contributed by atoms with van der Waals surface area (Å²) in [5.41, 5.74) is 7.33. The van der Waals surface area contributed by atoms with Crippen LogP contribution in [0.25, 0.3) is 22.3 Å². The predicted octanol–water partition coefficient (Wildman–Crippen LogP) is 5.06. The van der Waals surface area contributed by atoms with Crippen molar-refractivity contribution in [3.63, 3.8) is 0 Å². The van der Waals surface area contributed by atoms with E-state index in [1.165, 1.54) is 28.3 Å². The van der Waals surface area contributed by atoms with E-state index >= 15 is 0 Å². The third kappa shape index (κ3) is 1.67. The monoisotopic (exact) mass is 260 g/mol. The zero-order valence-electron chi connectivity index (χ0n) is 10.9. The normalized spacial score (nSPS) is 12.1. The van der Waals surface area contributed by atoms with Crippen LogP contribution in [0.1, 0.15) is 11.1 Å². The second-order valence-electron chi connectivity index (χ2n) is 5.18. The van der Waals surface area contributed by atoms with E-state index in [2.05, 4.69) is 42.5 Å². The molecule has 1 aliphatic carbocycles. The van der Waals surface area contributed by atoms with Crippen LogP contribution in [-0.4, -0.2) is 0 Å². The molecule has 0 fully saturated rings. The van der Waals surface area contributed by atoms with Crippen molar-refractivity contribution in [1.82, 2.24) is 0 Å². The molecule has 0 saturated carbocycles. The Morgan fingerprint density at radius 3 is 2.35 bits per heavy atom. The number of hydrogen-bond acceptors (Lipinski definition) is 0. The number of fused-ring (bicyclic) bond motifs is 3. The van der Waals surface area contributed by atoms with Gasteiger partial charge in [-0.25, -0.2) is 4.39 Å². The molecule has 0 atom stereocenters. The van der Waals surface area contributed by atoms with Gasteiger partial charge in [-0.1, -0.05) is 54.6 Å². The Hall–Kier alpha value is -2.41. The van der Waals surface area contributed by atoms with Crippen molar-refractivity contribution < 1.29 is 4.39 Å². The molecule has 0 aliphatic heterocycles. The van der Waals surface area contributed by atoms with Crippen LogP contribution in [0.3, 0.4) is 0 Å². The first-order chi connectivity index (χ1) is 9.83. The van der Waals surface area contributed by atoms with Gasteiger partial charge < -0.3 is 0 Å². The van der Waals surface area contributed by atoms with Crippen LogP contribution in [0.4, 0.5) is 4.39 Å². The molecule has 1 aliphatic rings. The van der Waals surface area contributed by atoms with Gasteiger partial charge in [0.25, 0.3) is 0 Å². The maximum Gasteiger partial charge on any atom is 0.123 e. The molecule has 96 valence electrons. The molecule has 4 rings (SSSR count). The van der Waals surface area contributed by atoms with E-state index in [0.717, 1.165) is 17.5 Å². The molecule has 0 amide bonds. The fourth-order valence-corrected chi connectivity index (χ4v) is 3.08. The Morgan fingerprint density at radius 2 is 1.45 bits per heavy atom. The lowest BCUT2D eigenvalue weighted by molar-refractivity contribution is 0.628. The summed E-state index contributed by atoms with van der Waals surface area (Å²) in [7, 11) is 0. The van der Waals surface area contributed by atoms with Crippen LogP contribution in [0.5, 0.6) is 0 Å². The zero-order chi connectivity index (χ0) is 13.5. The summed E-state index contributed by atoms with van der Waals surface area (Å²) in [4.78, 5) is 0. The van der Waals surface area contributed by atoms with Gasteiger partial charge in [-0.05, 0) is 51.9 Å². The number of rotatable bonds is 1. The lowest BCUT2D eigenvalue weighted by Gasteiger charge is -2.09. The first kappa shape index (κ1) is 11.4. The molecular formula is C19H13F. The number of benzene rings is 3. The molecule has 3 aromatic rings. The van der Waals surface area contributed by atoms with Crippen LogP contribution >= 0.6 is 0 Å². The minimum absolute atomic E-state index is 0.185. The smallest absolute Gasteiger partial charge is 0.123 e. The van der Waals surface area contributed by atoms with Crippen LogP contribution < -0.4 is 0 Å². The molecule has 0 nitrogen and oxygen atoms in total. The van der Waals surface area contributed by atoms with Gasteiger partial charge in [-0.15, -0.1) is 0 Å². The summed E-state index contributed by atoms with van der Waals surface area (Å²) >= 11 is 0. The Morgan fingerprint density at radius 1 is 0.700 bits per heavy atom. The summed E-state index contributed by atoms with van der Waals surface area (Å²) in [5, 5.41) is 0. The van der Waals surface area contributed by atoms with Gasteiger partial charge >= 0.3 is 0 Å². The van der Waals surface area contributed by atoms with E-state index in [1.807, 2.05) is 6.07 Å². The molecule has 0 saturated heterocycles. The topological polar surface area (TPSA) is 0 Å². The molecule has 0 aromatic heterocycles. The second-order valence-corrected chi connectivity index (χ2v) is 5.18. The lowest BCUT2D eigenvalue weighted by atomic mass is 9.96. The SMILES string of the molecule is Fc1cccc(-c2cccc3c2Cc2ccccc2-3)c1. The lowest BCUT2D eigenvalue weighted by Crippen LogP contribution is -1.88. The van der Waals surface area contributed by atoms with Crippen molar-refractivity contribution in [1.29, 1.82) is 0 Å². The predicted molar refractivity (Wildman–Crippen MR) is 80.1 cm³/mol. The maximum absolute atomic E-state index is 13.5. The van der Waals surface area contributed by atoms with Gasteiger partial charge in [0.2, 0.25) is 0 Å². The van der Waals surface area contributed by atoms with E-state index in [-0.39, 0.29) is 5.82 Å². The Balaban J connectivity index is 1.94. The minimum atomic E-state index is -0.185. The fourth-order valence-electron chi connectivity index (χ4n) is 3.08. The Kier molecular flexibility index (Phi) is 2.46. The van der Waals surface area contributed by atoms with Crippen LogP contribution in [-0.2, 0) is 6.42 Å². The maximum atomic E-state index is 13.5. The van der Waals surface area contributed by atoms with Crippen molar-refractivity contribution in [2.24, 2.45) is 0 Å². The van der Waals surface area contributed by atoms with Crippen LogP contribution in [0.2, 0.25) is 0 Å². The molecular weight excluding hydrogens is 247 g/mol. The summed E-state index contributed by atoms with van der Waals surface area (Å²) in [5.74, 6) is -0.185. The number of halogens is 1. The van der Waals surface area contributed by atoms with Gasteiger partial charge in [0.15, 0.2) is 0 Å². The standard InChI is InChI=1S/C19H13F/c20-15-7-3-6-13(11-15)17-9-4-10-18-16-8-2-1-5-14(16)12-19(17)18/h1-11H,12H2. The van der Waals surface area contributed by atoms with E-state index in [9.17, 15) is 4.39 Å². The quantitative estimate of drug-likeness (QED) is 0.448. The summed E-state index contributed by atoms with van der Waals surface area (Å²) in [6, 6.07) is 21.6. The van der Waals surface area contributed by atoms with Gasteiger partial charge in [0.1, 0.15) is 5.82 Å². The Bertz CT molecular complexity index is 802. The minimum Gasteiger partial charge on any atom is -0.207 e. The molecule has 0 spiro atoms. The van der Waals surface area contributed by atoms with Crippen molar-refractivity contribution >= 4 is 0 Å². The summed E-state index contributed by atoms with van der Waals surface area (Å²) in [6.45, 7) is 0. The molecule has 0 unspecified atom stereocenters. The van der Waals surface area contributed by atoms with Crippen molar-refractivity contribution in [3.05, 3.63) is 83.7 Å². The Labute approximate surface area is 117 Å². The van der Waals surface area contributed by atoms with Crippen LogP contribution in [0, 0.1) is 5.82 Å². The van der Waals surface area contributed by atoms with Crippen molar-refractivity contribution in [2.45, 2.75) is 6.42 Å². The molecule has 1 heteroatoms. The van der Waals surface area contributed by atoms with E-state index in [1.54, 1.807) is 12.1 Å². The van der Waals surface area contributed by atoms with Gasteiger partial charge in [0.05, 0.1) is 0 Å². The highest BCUT2D eigenvalue weighted by molar-refractivity contribution is 5.84. The summed E-state index contributed by atoms with van der Waals surface area (Å²) in [6.07, 6.45) is 0.929. The average Bonchev–Trinajstić information content (AvgIpc) is 2.86. The highest BCUT2D eigenvalue weighted by atomic mass is 19.1. The van der Waals surface area contributed by atoms with Gasteiger partial charge in [-0.2, -0.15) is 0 Å². The highest BCUT2D eigenvalue weighted by Crippen LogP contribution is 2.41. The van der Waals surface area contributed by atoms with Crippen LogP contribution in [0.15, 0.2) is 66.7 Å². The summed E-state index contributed by atoms with van der Waals surface area (Å²) < 4.78 is 13.5. The van der Waals surface area contributed by atoms with E-state index < -0.39 is 0 Å². The van der Waals surface area contributed by atoms with Crippen molar-refractivity contribution in [3.8, 4) is 22.3 Å². The van der Waals surface area contributed by atoms with Gasteiger partial charge in [-0.3, -0.25) is 0 Å². The third-order valence-electron chi connectivity index (χ3n) is 3.99. The van der Waals surface area contributed by atoms with E-state index in [4.69, 9.17) is 0 Å². The largest absolute Gasteiger partial charge is 0.207 e. The first-order valence-electron chi connectivity index (χ1n) is 6.79. The average molecular weight is 260 g/mol. The third-order valence-corrected chi connectivity index (χ3v) is 3.99. The molecule has 0 bridgehead atoms. The molecule has 0 N–H and O–H groups in total. The van der Waals surface area contributed by atoms with Crippen molar-refractivity contribution in [2.75, 3.05) is 0 Å². The fraction of sp³-hybridized carbons (Fsp3) is 0.0526. The molecule has 0 radical (unpaired) electrons. The molecule has 0 heterocycles. The zero-order valence-corrected chi connectivity index (χ0v) is 10.9. The second kappa shape index (κ2) is 4.31. The molecule has 20 heavy (non-hydrogen) atoms. The van der Waals surface area contributed by atoms with Gasteiger partial charge in [0, 0.05) is 0 Å². The first-order valence-corrected chi connectivity index (χ1v) is 6.79. The van der Waals surface area contributed by atoms with E-state index in [0.29, 0.717) is 0 Å². The number of hydrogen-bond donors (Lipinski definition) is 0.